The topological polar surface area (TPSA) is 84.7 Å². The summed E-state index contributed by atoms with van der Waals surface area (Å²) < 4.78 is 5.46. The molecule has 0 bridgehead atoms. The molecule has 1 aromatic carbocycles. The van der Waals surface area contributed by atoms with Crippen LogP contribution in [0.1, 0.15) is 24.2 Å². The SMILES string of the molecule is CCOc1cccc(N)c1C(=O)N1CCNC(=O)C1C. The molecule has 0 saturated carbocycles. The van der Waals surface area contributed by atoms with Crippen LogP contribution in [0.5, 0.6) is 5.75 Å². The number of ether oxygens (including phenoxy) is 1. The van der Waals surface area contributed by atoms with Gasteiger partial charge in [0.05, 0.1) is 6.61 Å². The quantitative estimate of drug-likeness (QED) is 0.794. The van der Waals surface area contributed by atoms with Gasteiger partial charge in [0, 0.05) is 18.8 Å². The number of hydrogen-bond donors (Lipinski definition) is 2. The Bertz CT molecular complexity index is 530. The molecule has 0 radical (unpaired) electrons. The van der Waals surface area contributed by atoms with Crippen LogP contribution in [0.25, 0.3) is 0 Å². The highest BCUT2D eigenvalue weighted by Crippen LogP contribution is 2.27. The van der Waals surface area contributed by atoms with Crippen molar-refractivity contribution in [2.45, 2.75) is 19.9 Å². The Labute approximate surface area is 117 Å². The number of hydrogen-bond acceptors (Lipinski definition) is 4. The third-order valence-corrected chi connectivity index (χ3v) is 3.33. The zero-order valence-electron chi connectivity index (χ0n) is 11.7. The molecule has 6 heteroatoms. The number of carbonyl (C=O) groups excluding carboxylic acids is 2. The second-order valence-electron chi connectivity index (χ2n) is 4.62. The maximum absolute atomic E-state index is 12.7. The zero-order valence-corrected chi connectivity index (χ0v) is 11.7. The Kier molecular flexibility index (Phi) is 4.12. The molecule has 1 unspecified atom stereocenters. The number of anilines is 1. The number of nitrogens with zero attached hydrogens (tertiary/aromatic N) is 1. The minimum absolute atomic E-state index is 0.155. The minimum Gasteiger partial charge on any atom is -0.493 e. The highest BCUT2D eigenvalue weighted by atomic mass is 16.5. The van der Waals surface area contributed by atoms with Gasteiger partial charge in [-0.3, -0.25) is 9.59 Å². The van der Waals surface area contributed by atoms with Gasteiger partial charge in [0.2, 0.25) is 5.91 Å². The molecule has 108 valence electrons. The molecule has 2 rings (SSSR count). The zero-order chi connectivity index (χ0) is 14.7. The third kappa shape index (κ3) is 2.54. The molecule has 1 aromatic rings. The van der Waals surface area contributed by atoms with Crippen molar-refractivity contribution >= 4 is 17.5 Å². The lowest BCUT2D eigenvalue weighted by atomic mass is 10.1. The lowest BCUT2D eigenvalue weighted by molar-refractivity contribution is -0.127. The largest absolute Gasteiger partial charge is 0.493 e. The van der Waals surface area contributed by atoms with Crippen LogP contribution in [0, 0.1) is 0 Å². The van der Waals surface area contributed by atoms with Gasteiger partial charge in [-0.15, -0.1) is 0 Å². The molecule has 2 amide bonds. The monoisotopic (exact) mass is 277 g/mol. The standard InChI is InChI=1S/C14H19N3O3/c1-3-20-11-6-4-5-10(15)12(11)14(19)17-8-7-16-13(18)9(17)2/h4-6,9H,3,7-8,15H2,1-2H3,(H,16,18). The van der Waals surface area contributed by atoms with E-state index >= 15 is 0 Å². The fourth-order valence-corrected chi connectivity index (χ4v) is 2.26. The van der Waals surface area contributed by atoms with Crippen molar-refractivity contribution in [1.29, 1.82) is 0 Å². The molecule has 6 nitrogen and oxygen atoms in total. The first-order valence-corrected chi connectivity index (χ1v) is 6.66. The first-order chi connectivity index (χ1) is 9.56. The summed E-state index contributed by atoms with van der Waals surface area (Å²) in [4.78, 5) is 25.8. The predicted octanol–water partition coefficient (Wildman–Crippen LogP) is 0.628. The fraction of sp³-hybridized carbons (Fsp3) is 0.429. The Balaban J connectivity index is 2.35. The molecule has 1 fully saturated rings. The van der Waals surface area contributed by atoms with Crippen LogP contribution in [0.15, 0.2) is 18.2 Å². The molecule has 1 heterocycles. The predicted molar refractivity (Wildman–Crippen MR) is 75.5 cm³/mol. The first-order valence-electron chi connectivity index (χ1n) is 6.66. The van der Waals surface area contributed by atoms with Gasteiger partial charge >= 0.3 is 0 Å². The van der Waals surface area contributed by atoms with Gasteiger partial charge in [-0.05, 0) is 26.0 Å². The van der Waals surface area contributed by atoms with E-state index in [1.54, 1.807) is 25.1 Å². The molecular weight excluding hydrogens is 258 g/mol. The van der Waals surface area contributed by atoms with E-state index in [1.165, 1.54) is 4.90 Å². The summed E-state index contributed by atoms with van der Waals surface area (Å²) in [6, 6.07) is 4.60. The molecule has 0 spiro atoms. The maximum atomic E-state index is 12.7. The molecule has 1 saturated heterocycles. The van der Waals surface area contributed by atoms with Crippen LogP contribution in [-0.2, 0) is 4.79 Å². The van der Waals surface area contributed by atoms with E-state index in [4.69, 9.17) is 10.5 Å². The smallest absolute Gasteiger partial charge is 0.260 e. The van der Waals surface area contributed by atoms with Gasteiger partial charge in [-0.2, -0.15) is 0 Å². The summed E-state index contributed by atoms with van der Waals surface area (Å²) in [6.45, 7) is 4.90. The van der Waals surface area contributed by atoms with Crippen molar-refractivity contribution in [2.75, 3.05) is 25.4 Å². The Morgan fingerprint density at radius 3 is 3.00 bits per heavy atom. The van der Waals surface area contributed by atoms with Crippen LogP contribution >= 0.6 is 0 Å². The van der Waals surface area contributed by atoms with Crippen molar-refractivity contribution in [1.82, 2.24) is 10.2 Å². The van der Waals surface area contributed by atoms with Gasteiger partial charge in [0.15, 0.2) is 0 Å². The molecule has 0 aromatic heterocycles. The highest BCUT2D eigenvalue weighted by molar-refractivity contribution is 6.04. The maximum Gasteiger partial charge on any atom is 0.260 e. The van der Waals surface area contributed by atoms with Crippen LogP contribution < -0.4 is 15.8 Å². The number of benzene rings is 1. The molecule has 1 atom stereocenters. The van der Waals surface area contributed by atoms with E-state index in [0.717, 1.165) is 0 Å². The Morgan fingerprint density at radius 1 is 1.55 bits per heavy atom. The summed E-state index contributed by atoms with van der Waals surface area (Å²) in [5.74, 6) is 0.0293. The molecular formula is C14H19N3O3. The summed E-state index contributed by atoms with van der Waals surface area (Å²) in [6.07, 6.45) is 0. The van der Waals surface area contributed by atoms with Crippen LogP contribution in [0.2, 0.25) is 0 Å². The van der Waals surface area contributed by atoms with Crippen LogP contribution in [0.3, 0.4) is 0 Å². The number of rotatable bonds is 3. The number of nitrogen functional groups attached to an aromatic ring is 1. The number of nitrogens with two attached hydrogens (primary N) is 1. The second-order valence-corrected chi connectivity index (χ2v) is 4.62. The third-order valence-electron chi connectivity index (χ3n) is 3.33. The number of carbonyl (C=O) groups is 2. The highest BCUT2D eigenvalue weighted by Gasteiger charge is 2.32. The second kappa shape index (κ2) is 5.81. The van der Waals surface area contributed by atoms with Gasteiger partial charge < -0.3 is 20.7 Å². The lowest BCUT2D eigenvalue weighted by Gasteiger charge is -2.33. The van der Waals surface area contributed by atoms with E-state index in [0.29, 0.717) is 36.7 Å². The van der Waals surface area contributed by atoms with Crippen molar-refractivity contribution < 1.29 is 14.3 Å². The Morgan fingerprint density at radius 2 is 2.30 bits per heavy atom. The molecule has 3 N–H and O–H groups in total. The molecule has 1 aliphatic rings. The van der Waals surface area contributed by atoms with Crippen LogP contribution in [-0.4, -0.2) is 42.5 Å². The molecule has 0 aliphatic carbocycles. The van der Waals surface area contributed by atoms with Crippen molar-refractivity contribution in [2.24, 2.45) is 0 Å². The first kappa shape index (κ1) is 14.2. The average Bonchev–Trinajstić information content (AvgIpc) is 2.42. The van der Waals surface area contributed by atoms with Gasteiger partial charge in [0.1, 0.15) is 17.4 Å². The van der Waals surface area contributed by atoms with Gasteiger partial charge in [0.25, 0.3) is 5.91 Å². The van der Waals surface area contributed by atoms with Crippen molar-refractivity contribution in [3.63, 3.8) is 0 Å². The molecule has 1 aliphatic heterocycles. The van der Waals surface area contributed by atoms with Crippen molar-refractivity contribution in [3.8, 4) is 5.75 Å². The number of piperazine rings is 1. The Hall–Kier alpha value is -2.24. The van der Waals surface area contributed by atoms with E-state index in [-0.39, 0.29) is 11.8 Å². The summed E-state index contributed by atoms with van der Waals surface area (Å²) >= 11 is 0. The van der Waals surface area contributed by atoms with Gasteiger partial charge in [-0.1, -0.05) is 6.07 Å². The minimum atomic E-state index is -0.509. The van der Waals surface area contributed by atoms with Crippen LogP contribution in [0.4, 0.5) is 5.69 Å². The number of nitrogens with one attached hydrogen (secondary N) is 1. The normalized spacial score (nSPS) is 18.6. The van der Waals surface area contributed by atoms with E-state index in [9.17, 15) is 9.59 Å². The molecule has 20 heavy (non-hydrogen) atoms. The summed E-state index contributed by atoms with van der Waals surface area (Å²) in [5, 5.41) is 2.73. The summed E-state index contributed by atoms with van der Waals surface area (Å²) in [5.41, 5.74) is 6.60. The van der Waals surface area contributed by atoms with Crippen molar-refractivity contribution in [3.05, 3.63) is 23.8 Å². The average molecular weight is 277 g/mol. The van der Waals surface area contributed by atoms with E-state index in [1.807, 2.05) is 6.92 Å². The summed E-state index contributed by atoms with van der Waals surface area (Å²) in [7, 11) is 0. The van der Waals surface area contributed by atoms with Gasteiger partial charge in [-0.25, -0.2) is 0 Å². The fourth-order valence-electron chi connectivity index (χ4n) is 2.26. The number of amides is 2. The lowest BCUT2D eigenvalue weighted by Crippen LogP contribution is -2.55. The van der Waals surface area contributed by atoms with E-state index < -0.39 is 6.04 Å². The van der Waals surface area contributed by atoms with E-state index in [2.05, 4.69) is 5.32 Å².